The number of aryl methyl sites for hydroxylation is 2. The van der Waals surface area contributed by atoms with Gasteiger partial charge < -0.3 is 10.6 Å². The number of aliphatic imine (C=N–C) groups is 1. The van der Waals surface area contributed by atoms with Crippen LogP contribution in [0.1, 0.15) is 28.0 Å². The van der Waals surface area contributed by atoms with Gasteiger partial charge in [0.1, 0.15) is 0 Å². The normalized spacial score (nSPS) is 13.4. The van der Waals surface area contributed by atoms with Gasteiger partial charge in [0, 0.05) is 18.5 Å². The summed E-state index contributed by atoms with van der Waals surface area (Å²) < 4.78 is 0. The van der Waals surface area contributed by atoms with E-state index in [1.165, 1.54) is 40.8 Å². The number of fused-ring (bicyclic) bond motifs is 1. The predicted octanol–water partition coefficient (Wildman–Crippen LogP) is 3.72. The number of nitrogens with one attached hydrogen (secondary N) is 2. The second-order valence-corrected chi connectivity index (χ2v) is 6.35. The lowest BCUT2D eigenvalue weighted by atomic mass is 10.1. The first-order chi connectivity index (χ1) is 10.3. The Balaban J connectivity index is 0.00000176. The van der Waals surface area contributed by atoms with E-state index in [1.807, 2.05) is 7.05 Å². The van der Waals surface area contributed by atoms with E-state index in [0.717, 1.165) is 19.0 Å². The SMILES string of the molecule is CN=C(NCc1ccc2c(c1)CCC2)NCc1cccs1.I. The fourth-order valence-electron chi connectivity index (χ4n) is 2.73. The summed E-state index contributed by atoms with van der Waals surface area (Å²) >= 11 is 1.76. The van der Waals surface area contributed by atoms with E-state index >= 15 is 0 Å². The molecule has 118 valence electrons. The molecule has 0 radical (unpaired) electrons. The number of nitrogens with zero attached hydrogens (tertiary/aromatic N) is 1. The summed E-state index contributed by atoms with van der Waals surface area (Å²) in [7, 11) is 1.81. The van der Waals surface area contributed by atoms with Crippen LogP contribution in [0.4, 0.5) is 0 Å². The van der Waals surface area contributed by atoms with Gasteiger partial charge in [-0.15, -0.1) is 35.3 Å². The van der Waals surface area contributed by atoms with E-state index in [4.69, 9.17) is 0 Å². The van der Waals surface area contributed by atoms with E-state index in [1.54, 1.807) is 11.3 Å². The average molecular weight is 427 g/mol. The van der Waals surface area contributed by atoms with Crippen LogP contribution >= 0.6 is 35.3 Å². The van der Waals surface area contributed by atoms with Crippen LogP contribution in [0.25, 0.3) is 0 Å². The standard InChI is InChI=1S/C17H21N3S.HI/c1-18-17(20-12-16-6-3-9-21-16)19-11-13-7-8-14-4-2-5-15(14)10-13;/h3,6-10H,2,4-5,11-12H2,1H3,(H2,18,19,20);1H. The molecule has 1 aromatic carbocycles. The zero-order valence-electron chi connectivity index (χ0n) is 12.8. The first-order valence-electron chi connectivity index (χ1n) is 7.43. The number of hydrogen-bond acceptors (Lipinski definition) is 2. The maximum atomic E-state index is 4.27. The minimum Gasteiger partial charge on any atom is -0.352 e. The monoisotopic (exact) mass is 427 g/mol. The minimum atomic E-state index is 0. The molecule has 22 heavy (non-hydrogen) atoms. The molecule has 0 fully saturated rings. The topological polar surface area (TPSA) is 36.4 Å². The van der Waals surface area contributed by atoms with Gasteiger partial charge in [0.2, 0.25) is 0 Å². The maximum absolute atomic E-state index is 4.27. The molecule has 0 atom stereocenters. The average Bonchev–Trinajstić information content (AvgIpc) is 3.18. The first kappa shape index (κ1) is 17.3. The minimum absolute atomic E-state index is 0. The second-order valence-electron chi connectivity index (χ2n) is 5.32. The van der Waals surface area contributed by atoms with Crippen LogP contribution in [-0.2, 0) is 25.9 Å². The molecule has 0 saturated carbocycles. The number of thiophene rings is 1. The largest absolute Gasteiger partial charge is 0.352 e. The Morgan fingerprint density at radius 2 is 1.95 bits per heavy atom. The molecule has 1 aliphatic carbocycles. The van der Waals surface area contributed by atoms with Gasteiger partial charge in [-0.2, -0.15) is 0 Å². The molecule has 0 amide bonds. The molecule has 3 rings (SSSR count). The van der Waals surface area contributed by atoms with Gasteiger partial charge >= 0.3 is 0 Å². The fourth-order valence-corrected chi connectivity index (χ4v) is 3.37. The Labute approximate surface area is 153 Å². The van der Waals surface area contributed by atoms with Gasteiger partial charge in [-0.3, -0.25) is 4.99 Å². The van der Waals surface area contributed by atoms with Crippen LogP contribution < -0.4 is 10.6 Å². The number of guanidine groups is 1. The van der Waals surface area contributed by atoms with Crippen LogP contribution in [0.15, 0.2) is 40.7 Å². The smallest absolute Gasteiger partial charge is 0.191 e. The zero-order chi connectivity index (χ0) is 14.5. The first-order valence-corrected chi connectivity index (χ1v) is 8.30. The van der Waals surface area contributed by atoms with Crippen molar-refractivity contribution in [1.82, 2.24) is 10.6 Å². The van der Waals surface area contributed by atoms with E-state index in [-0.39, 0.29) is 24.0 Å². The van der Waals surface area contributed by atoms with E-state index in [2.05, 4.69) is 51.3 Å². The summed E-state index contributed by atoms with van der Waals surface area (Å²) in [6.45, 7) is 1.64. The quantitative estimate of drug-likeness (QED) is 0.444. The maximum Gasteiger partial charge on any atom is 0.191 e. The molecule has 0 aliphatic heterocycles. The van der Waals surface area contributed by atoms with Gasteiger partial charge in [-0.05, 0) is 47.4 Å². The van der Waals surface area contributed by atoms with Crippen molar-refractivity contribution in [3.8, 4) is 0 Å². The molecule has 2 N–H and O–H groups in total. The van der Waals surface area contributed by atoms with E-state index < -0.39 is 0 Å². The van der Waals surface area contributed by atoms with Crippen LogP contribution in [0.5, 0.6) is 0 Å². The second kappa shape index (κ2) is 8.53. The lowest BCUT2D eigenvalue weighted by Gasteiger charge is -2.12. The Morgan fingerprint density at radius 3 is 2.73 bits per heavy atom. The number of hydrogen-bond donors (Lipinski definition) is 2. The molecule has 3 nitrogen and oxygen atoms in total. The zero-order valence-corrected chi connectivity index (χ0v) is 15.9. The summed E-state index contributed by atoms with van der Waals surface area (Å²) in [4.78, 5) is 5.59. The molecule has 5 heteroatoms. The van der Waals surface area contributed by atoms with Crippen LogP contribution in [0.2, 0.25) is 0 Å². The van der Waals surface area contributed by atoms with Gasteiger partial charge in [0.25, 0.3) is 0 Å². The van der Waals surface area contributed by atoms with Crippen molar-refractivity contribution < 1.29 is 0 Å². The van der Waals surface area contributed by atoms with Crippen molar-refractivity contribution in [2.75, 3.05) is 7.05 Å². The van der Waals surface area contributed by atoms with Crippen molar-refractivity contribution in [3.63, 3.8) is 0 Å². The Bertz CT molecular complexity index is 623. The molecular weight excluding hydrogens is 405 g/mol. The number of halogens is 1. The molecule has 1 heterocycles. The van der Waals surface area contributed by atoms with Crippen molar-refractivity contribution in [1.29, 1.82) is 0 Å². The summed E-state index contributed by atoms with van der Waals surface area (Å²) in [5.41, 5.74) is 4.38. The van der Waals surface area contributed by atoms with Gasteiger partial charge in [-0.25, -0.2) is 0 Å². The molecule has 0 spiro atoms. The van der Waals surface area contributed by atoms with Gasteiger partial charge in [0.05, 0.1) is 6.54 Å². The molecule has 1 aliphatic rings. The number of benzene rings is 1. The van der Waals surface area contributed by atoms with Gasteiger partial charge in [0.15, 0.2) is 5.96 Å². The van der Waals surface area contributed by atoms with Crippen molar-refractivity contribution in [2.45, 2.75) is 32.4 Å². The number of rotatable bonds is 4. The van der Waals surface area contributed by atoms with E-state index in [9.17, 15) is 0 Å². The third-order valence-corrected chi connectivity index (χ3v) is 4.73. The highest BCUT2D eigenvalue weighted by Crippen LogP contribution is 2.22. The fraction of sp³-hybridized carbons (Fsp3) is 0.353. The summed E-state index contributed by atoms with van der Waals surface area (Å²) in [5.74, 6) is 0.851. The lowest BCUT2D eigenvalue weighted by Crippen LogP contribution is -2.36. The third-order valence-electron chi connectivity index (χ3n) is 3.86. The Morgan fingerprint density at radius 1 is 1.14 bits per heavy atom. The highest BCUT2D eigenvalue weighted by atomic mass is 127. The molecule has 0 unspecified atom stereocenters. The van der Waals surface area contributed by atoms with Crippen LogP contribution in [0, 0.1) is 0 Å². The molecule has 2 aromatic rings. The van der Waals surface area contributed by atoms with Crippen molar-refractivity contribution >= 4 is 41.3 Å². The van der Waals surface area contributed by atoms with Crippen molar-refractivity contribution in [2.24, 2.45) is 4.99 Å². The molecule has 0 bridgehead atoms. The highest BCUT2D eigenvalue weighted by Gasteiger charge is 2.10. The highest BCUT2D eigenvalue weighted by molar-refractivity contribution is 14.0. The predicted molar refractivity (Wildman–Crippen MR) is 105 cm³/mol. The van der Waals surface area contributed by atoms with Gasteiger partial charge in [-0.1, -0.05) is 24.3 Å². The Kier molecular flexibility index (Phi) is 6.70. The van der Waals surface area contributed by atoms with Crippen LogP contribution in [-0.4, -0.2) is 13.0 Å². The molecular formula is C17H22IN3S. The Hall–Kier alpha value is -1.08. The third kappa shape index (κ3) is 4.46. The summed E-state index contributed by atoms with van der Waals surface area (Å²) in [6, 6.07) is 11.0. The lowest BCUT2D eigenvalue weighted by molar-refractivity contribution is 0.814. The summed E-state index contributed by atoms with van der Waals surface area (Å²) in [6.07, 6.45) is 3.78. The van der Waals surface area contributed by atoms with Crippen LogP contribution in [0.3, 0.4) is 0 Å². The molecule has 0 saturated heterocycles. The molecule has 1 aromatic heterocycles. The van der Waals surface area contributed by atoms with Crippen molar-refractivity contribution in [3.05, 3.63) is 57.3 Å². The summed E-state index contributed by atoms with van der Waals surface area (Å²) in [5, 5.41) is 8.82. The van der Waals surface area contributed by atoms with E-state index in [0.29, 0.717) is 0 Å².